The lowest BCUT2D eigenvalue weighted by Crippen LogP contribution is -2.45. The van der Waals surface area contributed by atoms with Crippen molar-refractivity contribution in [2.24, 2.45) is 5.73 Å². The predicted molar refractivity (Wildman–Crippen MR) is 151 cm³/mol. The number of piperazine rings is 1. The molecule has 8 heteroatoms. The van der Waals surface area contributed by atoms with Crippen LogP contribution in [-0.2, 0) is 9.53 Å². The summed E-state index contributed by atoms with van der Waals surface area (Å²) in [7, 11) is 2.17. The van der Waals surface area contributed by atoms with Crippen LogP contribution in [0.1, 0.15) is 54.9 Å². The first-order valence-electron chi connectivity index (χ1n) is 13.7. The Hall–Kier alpha value is -3.36. The normalized spacial score (nSPS) is 18.8. The average Bonchev–Trinajstić information content (AvgIpc) is 3.46. The van der Waals surface area contributed by atoms with E-state index in [-0.39, 0.29) is 6.23 Å². The Balaban J connectivity index is 1.43. The van der Waals surface area contributed by atoms with Crippen molar-refractivity contribution >= 4 is 16.8 Å². The quantitative estimate of drug-likeness (QED) is 0.465. The van der Waals surface area contributed by atoms with E-state index in [9.17, 15) is 4.79 Å². The fourth-order valence-corrected chi connectivity index (χ4v) is 5.82. The van der Waals surface area contributed by atoms with Crippen LogP contribution in [0.2, 0.25) is 0 Å². The third-order valence-electron chi connectivity index (χ3n) is 7.72. The first-order valence-corrected chi connectivity index (χ1v) is 13.7. The van der Waals surface area contributed by atoms with Crippen molar-refractivity contribution in [1.82, 2.24) is 24.7 Å². The lowest BCUT2D eigenvalue weighted by Gasteiger charge is -2.33. The number of nitrogens with zero attached hydrogens (tertiary/aromatic N) is 4. The lowest BCUT2D eigenvalue weighted by molar-refractivity contribution is -0.116. The number of benzene rings is 1. The number of hydrogen-bond donors (Lipinski definition) is 2. The van der Waals surface area contributed by atoms with Gasteiger partial charge in [-0.3, -0.25) is 9.78 Å². The second kappa shape index (κ2) is 10.8. The number of amides is 1. The van der Waals surface area contributed by atoms with Crippen LogP contribution in [0, 0.1) is 13.8 Å². The van der Waals surface area contributed by atoms with E-state index in [1.54, 1.807) is 0 Å². The number of carbonyl (C=O) groups excluding carboxylic acids is 1. The average molecular weight is 517 g/mol. The molecular weight excluding hydrogens is 476 g/mol. The predicted octanol–water partition coefficient (Wildman–Crippen LogP) is 4.27. The molecule has 1 amide bonds. The van der Waals surface area contributed by atoms with Gasteiger partial charge in [0.1, 0.15) is 12.0 Å². The van der Waals surface area contributed by atoms with Crippen molar-refractivity contribution < 1.29 is 9.53 Å². The van der Waals surface area contributed by atoms with Gasteiger partial charge in [-0.25, -0.2) is 0 Å². The minimum atomic E-state index is -0.455. The molecule has 8 nitrogen and oxygen atoms in total. The molecule has 2 aromatic heterocycles. The Bertz CT molecular complexity index is 1330. The van der Waals surface area contributed by atoms with Gasteiger partial charge >= 0.3 is 0 Å². The number of aromatic nitrogens is 2. The number of primary amides is 1. The van der Waals surface area contributed by atoms with Gasteiger partial charge in [-0.1, -0.05) is 19.9 Å². The molecule has 1 fully saturated rings. The Morgan fingerprint density at radius 3 is 2.47 bits per heavy atom. The van der Waals surface area contributed by atoms with Gasteiger partial charge in [0.15, 0.2) is 6.23 Å². The number of likely N-dealkylation sites (N-methyl/N-ethyl adjacent to an activating group) is 1. The highest BCUT2D eigenvalue weighted by molar-refractivity contribution is 5.93. The molecule has 0 spiro atoms. The molecule has 1 atom stereocenters. The molecule has 2 aliphatic heterocycles. The first kappa shape index (κ1) is 26.3. The molecule has 38 heavy (non-hydrogen) atoms. The monoisotopic (exact) mass is 516 g/mol. The Kier molecular flexibility index (Phi) is 7.45. The third kappa shape index (κ3) is 5.28. The maximum atomic E-state index is 12.3. The molecule has 1 unspecified atom stereocenters. The summed E-state index contributed by atoms with van der Waals surface area (Å²) in [5.74, 6) is -0.144. The fourth-order valence-electron chi connectivity index (χ4n) is 5.82. The number of rotatable bonds is 8. The number of H-pyrrole nitrogens is 1. The van der Waals surface area contributed by atoms with E-state index in [1.165, 1.54) is 17.2 Å². The van der Waals surface area contributed by atoms with Crippen LogP contribution in [0.3, 0.4) is 0 Å². The number of nitrogens with one attached hydrogen (secondary N) is 1. The Morgan fingerprint density at radius 1 is 1.11 bits per heavy atom. The summed E-state index contributed by atoms with van der Waals surface area (Å²) in [6.07, 6.45) is 2.09. The molecule has 3 aromatic rings. The Morgan fingerprint density at radius 2 is 1.82 bits per heavy atom. The van der Waals surface area contributed by atoms with E-state index in [0.29, 0.717) is 18.2 Å². The van der Waals surface area contributed by atoms with Crippen LogP contribution in [0.4, 0.5) is 0 Å². The largest absolute Gasteiger partial charge is 0.471 e. The summed E-state index contributed by atoms with van der Waals surface area (Å²) in [6.45, 7) is 14.6. The number of aryl methyl sites for hydroxylation is 2. The zero-order chi connectivity index (χ0) is 27.0. The van der Waals surface area contributed by atoms with Crippen LogP contribution in [0.25, 0.3) is 22.2 Å². The van der Waals surface area contributed by atoms with E-state index < -0.39 is 5.91 Å². The van der Waals surface area contributed by atoms with E-state index >= 15 is 0 Å². The van der Waals surface area contributed by atoms with Crippen LogP contribution < -0.4 is 5.73 Å². The molecule has 1 saturated heterocycles. The lowest BCUT2D eigenvalue weighted by atomic mass is 9.95. The summed E-state index contributed by atoms with van der Waals surface area (Å²) < 4.78 is 6.08. The second-order valence-corrected chi connectivity index (χ2v) is 11.1. The summed E-state index contributed by atoms with van der Waals surface area (Å²) in [6, 6.07) is 10.7. The maximum Gasteiger partial charge on any atom is 0.268 e. The SMILES string of the molecule is Cc1cc(-c2[nH]c3ccc(C4OC=C(C(N)=O)N4CCCN4CCN(C)CC4)cc3c2C(C)C)cc(C)n1. The van der Waals surface area contributed by atoms with E-state index in [0.717, 1.165) is 72.9 Å². The summed E-state index contributed by atoms with van der Waals surface area (Å²) >= 11 is 0. The molecule has 4 heterocycles. The van der Waals surface area contributed by atoms with Crippen LogP contribution in [0.15, 0.2) is 42.3 Å². The molecule has 3 N–H and O–H groups in total. The number of fused-ring (bicyclic) bond motifs is 1. The molecule has 0 aliphatic carbocycles. The highest BCUT2D eigenvalue weighted by atomic mass is 16.5. The number of nitrogens with two attached hydrogens (primary N) is 1. The molecule has 5 rings (SSSR count). The number of pyridine rings is 1. The number of hydrogen-bond acceptors (Lipinski definition) is 6. The van der Waals surface area contributed by atoms with Crippen LogP contribution in [-0.4, -0.2) is 76.9 Å². The zero-order valence-electron chi connectivity index (χ0n) is 23.3. The fraction of sp³-hybridized carbons (Fsp3) is 0.467. The minimum absolute atomic E-state index is 0.311. The van der Waals surface area contributed by atoms with Crippen LogP contribution in [0.5, 0.6) is 0 Å². The van der Waals surface area contributed by atoms with Gasteiger partial charge in [0.2, 0.25) is 0 Å². The van der Waals surface area contributed by atoms with Crippen molar-refractivity contribution in [3.05, 3.63) is 64.8 Å². The molecule has 0 bridgehead atoms. The van der Waals surface area contributed by atoms with Crippen molar-refractivity contribution in [2.75, 3.05) is 46.3 Å². The second-order valence-electron chi connectivity index (χ2n) is 11.1. The maximum absolute atomic E-state index is 12.3. The van der Waals surface area contributed by atoms with E-state index in [2.05, 4.69) is 71.0 Å². The smallest absolute Gasteiger partial charge is 0.268 e. The van der Waals surface area contributed by atoms with Crippen molar-refractivity contribution in [3.8, 4) is 11.3 Å². The molecule has 1 aromatic carbocycles. The summed E-state index contributed by atoms with van der Waals surface area (Å²) in [4.78, 5) is 27.4. The zero-order valence-corrected chi connectivity index (χ0v) is 23.3. The third-order valence-corrected chi connectivity index (χ3v) is 7.72. The topological polar surface area (TPSA) is 90.7 Å². The Labute approximate surface area is 225 Å². The van der Waals surface area contributed by atoms with Crippen molar-refractivity contribution in [3.63, 3.8) is 0 Å². The van der Waals surface area contributed by atoms with Gasteiger partial charge in [-0.05, 0) is 69.6 Å². The standard InChI is InChI=1S/C30H40N6O2/c1-19(2)27-24-17-22(7-8-25(24)33-28(27)23-15-20(3)32-21(4)16-23)30-36(26(18-38-30)29(31)37)10-6-9-35-13-11-34(5)12-14-35/h7-8,15-19,30,33H,6,9-14H2,1-5H3,(H2,31,37). The van der Waals surface area contributed by atoms with Gasteiger partial charge in [0.05, 0.1) is 5.69 Å². The van der Waals surface area contributed by atoms with Crippen LogP contribution >= 0.6 is 0 Å². The number of carbonyl (C=O) groups is 1. The highest BCUT2D eigenvalue weighted by Crippen LogP contribution is 2.39. The summed E-state index contributed by atoms with van der Waals surface area (Å²) in [5, 5.41) is 1.17. The summed E-state index contributed by atoms with van der Waals surface area (Å²) in [5.41, 5.74) is 13.9. The van der Waals surface area contributed by atoms with Crippen molar-refractivity contribution in [2.45, 2.75) is 46.3 Å². The van der Waals surface area contributed by atoms with Crippen molar-refractivity contribution in [1.29, 1.82) is 0 Å². The van der Waals surface area contributed by atoms with Gasteiger partial charge in [-0.2, -0.15) is 0 Å². The molecular formula is C30H40N6O2. The van der Waals surface area contributed by atoms with E-state index in [4.69, 9.17) is 10.5 Å². The first-order chi connectivity index (χ1) is 18.2. The van der Waals surface area contributed by atoms with E-state index in [1.807, 2.05) is 18.7 Å². The number of ether oxygens (including phenoxy) is 1. The van der Waals surface area contributed by atoms with Gasteiger partial charge in [-0.15, -0.1) is 0 Å². The van der Waals surface area contributed by atoms with Gasteiger partial charge < -0.3 is 30.2 Å². The molecule has 0 radical (unpaired) electrons. The minimum Gasteiger partial charge on any atom is -0.471 e. The molecule has 202 valence electrons. The molecule has 2 aliphatic rings. The highest BCUT2D eigenvalue weighted by Gasteiger charge is 2.32. The molecule has 0 saturated carbocycles. The van der Waals surface area contributed by atoms with Gasteiger partial charge in [0, 0.05) is 66.1 Å². The van der Waals surface area contributed by atoms with Gasteiger partial charge in [0.25, 0.3) is 5.91 Å². The number of aromatic amines is 1.